The molecule has 0 radical (unpaired) electrons. The predicted octanol–water partition coefficient (Wildman–Crippen LogP) is 2.17. The third-order valence-corrected chi connectivity index (χ3v) is 2.82. The van der Waals surface area contributed by atoms with Crippen LogP contribution < -0.4 is 5.73 Å². The van der Waals surface area contributed by atoms with Crippen LogP contribution in [0, 0.1) is 11.3 Å². The van der Waals surface area contributed by atoms with Crippen molar-refractivity contribution in [2.75, 3.05) is 12.8 Å². The molecule has 1 aromatic heterocycles. The highest BCUT2D eigenvalue weighted by molar-refractivity contribution is 5.39. The molecule has 0 saturated heterocycles. The van der Waals surface area contributed by atoms with Gasteiger partial charge in [0.1, 0.15) is 11.8 Å². The maximum absolute atomic E-state index is 8.82. The second-order valence-corrected chi connectivity index (χ2v) is 4.58. The van der Waals surface area contributed by atoms with Gasteiger partial charge < -0.3 is 5.73 Å². The highest BCUT2D eigenvalue weighted by atomic mass is 15.1. The van der Waals surface area contributed by atoms with E-state index >= 15 is 0 Å². The lowest BCUT2D eigenvalue weighted by molar-refractivity contribution is 0.319. The summed E-state index contributed by atoms with van der Waals surface area (Å²) in [4.78, 5) is 6.15. The third kappa shape index (κ3) is 3.80. The van der Waals surface area contributed by atoms with Gasteiger partial charge in [0.25, 0.3) is 0 Å². The molecule has 0 spiro atoms. The minimum absolute atomic E-state index is 0.457. The van der Waals surface area contributed by atoms with Gasteiger partial charge in [-0.15, -0.1) is 0 Å². The number of nitrogen functional groups attached to an aromatic ring is 1. The van der Waals surface area contributed by atoms with E-state index in [0.29, 0.717) is 5.69 Å². The highest BCUT2D eigenvalue weighted by Gasteiger charge is 2.03. The first-order chi connectivity index (χ1) is 9.17. The number of nitriles is 1. The Hall–Kier alpha value is -2.38. The molecule has 1 aromatic carbocycles. The molecule has 0 unspecified atom stereocenters. The van der Waals surface area contributed by atoms with Crippen LogP contribution in [0.1, 0.15) is 16.8 Å². The van der Waals surface area contributed by atoms with Gasteiger partial charge in [0, 0.05) is 25.0 Å². The van der Waals surface area contributed by atoms with Gasteiger partial charge in [-0.1, -0.05) is 12.1 Å². The van der Waals surface area contributed by atoms with Gasteiger partial charge in [0.2, 0.25) is 0 Å². The van der Waals surface area contributed by atoms with Crippen molar-refractivity contribution in [1.82, 2.24) is 9.88 Å². The second-order valence-electron chi connectivity index (χ2n) is 4.58. The van der Waals surface area contributed by atoms with Gasteiger partial charge in [-0.3, -0.25) is 4.90 Å². The second kappa shape index (κ2) is 5.98. The van der Waals surface area contributed by atoms with Crippen LogP contribution in [-0.2, 0) is 13.1 Å². The smallest absolute Gasteiger partial charge is 0.140 e. The van der Waals surface area contributed by atoms with Crippen LogP contribution >= 0.6 is 0 Å². The molecule has 0 aliphatic heterocycles. The normalized spacial score (nSPS) is 10.4. The first-order valence-electron chi connectivity index (χ1n) is 6.05. The molecule has 96 valence electrons. The van der Waals surface area contributed by atoms with E-state index in [9.17, 15) is 0 Å². The third-order valence-electron chi connectivity index (χ3n) is 2.82. The lowest BCUT2D eigenvalue weighted by atomic mass is 10.2. The lowest BCUT2D eigenvalue weighted by Crippen LogP contribution is -2.17. The molecule has 0 bridgehead atoms. The minimum Gasteiger partial charge on any atom is -0.399 e. The summed E-state index contributed by atoms with van der Waals surface area (Å²) in [5.41, 5.74) is 9.20. The van der Waals surface area contributed by atoms with E-state index in [1.54, 1.807) is 6.20 Å². The molecule has 0 aliphatic rings. The Morgan fingerprint density at radius 1 is 1.16 bits per heavy atom. The van der Waals surface area contributed by atoms with Crippen LogP contribution in [0.4, 0.5) is 5.69 Å². The number of anilines is 1. The van der Waals surface area contributed by atoms with Crippen molar-refractivity contribution >= 4 is 5.69 Å². The fourth-order valence-electron chi connectivity index (χ4n) is 1.94. The van der Waals surface area contributed by atoms with E-state index in [0.717, 1.165) is 24.3 Å². The predicted molar refractivity (Wildman–Crippen MR) is 75.0 cm³/mol. The summed E-state index contributed by atoms with van der Waals surface area (Å²) in [6.45, 7) is 1.62. The van der Waals surface area contributed by atoms with Gasteiger partial charge >= 0.3 is 0 Å². The fourth-order valence-corrected chi connectivity index (χ4v) is 1.94. The van der Waals surface area contributed by atoms with Crippen molar-refractivity contribution in [3.05, 3.63) is 59.4 Å². The van der Waals surface area contributed by atoms with Crippen LogP contribution in [0.25, 0.3) is 0 Å². The Bertz CT molecular complexity index is 584. The van der Waals surface area contributed by atoms with E-state index in [2.05, 4.69) is 16.0 Å². The topological polar surface area (TPSA) is 65.9 Å². The number of benzene rings is 1. The molecule has 0 amide bonds. The van der Waals surface area contributed by atoms with E-state index < -0.39 is 0 Å². The largest absolute Gasteiger partial charge is 0.399 e. The maximum atomic E-state index is 8.82. The summed E-state index contributed by atoms with van der Waals surface area (Å²) in [5.74, 6) is 0. The zero-order valence-corrected chi connectivity index (χ0v) is 10.9. The molecule has 0 atom stereocenters. The van der Waals surface area contributed by atoms with Crippen molar-refractivity contribution in [3.63, 3.8) is 0 Å². The van der Waals surface area contributed by atoms with Crippen molar-refractivity contribution < 1.29 is 0 Å². The van der Waals surface area contributed by atoms with Crippen molar-refractivity contribution in [2.45, 2.75) is 13.1 Å². The molecular formula is C15H16N4. The van der Waals surface area contributed by atoms with Crippen LogP contribution in [0.2, 0.25) is 0 Å². The zero-order chi connectivity index (χ0) is 13.7. The van der Waals surface area contributed by atoms with Gasteiger partial charge in [-0.2, -0.15) is 5.26 Å². The number of hydrogen-bond acceptors (Lipinski definition) is 4. The van der Waals surface area contributed by atoms with Crippen LogP contribution in [0.5, 0.6) is 0 Å². The quantitative estimate of drug-likeness (QED) is 0.847. The van der Waals surface area contributed by atoms with Crippen LogP contribution in [-0.4, -0.2) is 16.9 Å². The van der Waals surface area contributed by atoms with Crippen molar-refractivity contribution in [3.8, 4) is 6.07 Å². The van der Waals surface area contributed by atoms with E-state index in [4.69, 9.17) is 11.0 Å². The van der Waals surface area contributed by atoms with Gasteiger partial charge in [-0.25, -0.2) is 4.98 Å². The molecule has 19 heavy (non-hydrogen) atoms. The number of rotatable bonds is 4. The Kier molecular flexibility index (Phi) is 4.11. The fraction of sp³-hybridized carbons (Fsp3) is 0.200. The average Bonchev–Trinajstić information content (AvgIpc) is 2.41. The standard InChI is InChI=1S/C15H16N4/c1-19(10-12-2-4-14(17)5-3-12)11-13-6-7-18-15(8-13)9-16/h2-8H,10-11,17H2,1H3. The lowest BCUT2D eigenvalue weighted by Gasteiger charge is -2.16. The molecule has 1 heterocycles. The average molecular weight is 252 g/mol. The molecule has 0 fully saturated rings. The van der Waals surface area contributed by atoms with E-state index in [1.165, 1.54) is 5.56 Å². The van der Waals surface area contributed by atoms with Gasteiger partial charge in [0.05, 0.1) is 0 Å². The number of pyridine rings is 1. The van der Waals surface area contributed by atoms with Crippen LogP contribution in [0.3, 0.4) is 0 Å². The maximum Gasteiger partial charge on any atom is 0.140 e. The summed E-state index contributed by atoms with van der Waals surface area (Å²) < 4.78 is 0. The Morgan fingerprint density at radius 2 is 1.84 bits per heavy atom. The number of nitrogens with zero attached hydrogens (tertiary/aromatic N) is 3. The summed E-state index contributed by atoms with van der Waals surface area (Å²) in [5, 5.41) is 8.82. The molecular weight excluding hydrogens is 236 g/mol. The molecule has 0 aliphatic carbocycles. The molecule has 4 nitrogen and oxygen atoms in total. The van der Waals surface area contributed by atoms with Crippen molar-refractivity contribution in [2.24, 2.45) is 0 Å². The Labute approximate surface area is 113 Å². The Morgan fingerprint density at radius 3 is 2.53 bits per heavy atom. The molecule has 4 heteroatoms. The Balaban J connectivity index is 1.99. The first kappa shape index (κ1) is 13.1. The molecule has 0 saturated carbocycles. The van der Waals surface area contributed by atoms with Crippen LogP contribution in [0.15, 0.2) is 42.6 Å². The van der Waals surface area contributed by atoms with E-state index in [-0.39, 0.29) is 0 Å². The monoisotopic (exact) mass is 252 g/mol. The SMILES string of the molecule is CN(Cc1ccc(N)cc1)Cc1ccnc(C#N)c1. The van der Waals surface area contributed by atoms with Gasteiger partial charge in [0.15, 0.2) is 0 Å². The minimum atomic E-state index is 0.457. The first-order valence-corrected chi connectivity index (χ1v) is 6.05. The number of hydrogen-bond donors (Lipinski definition) is 1. The summed E-state index contributed by atoms with van der Waals surface area (Å²) >= 11 is 0. The molecule has 2 aromatic rings. The molecule has 2 rings (SSSR count). The number of nitrogens with two attached hydrogens (primary N) is 1. The van der Waals surface area contributed by atoms with E-state index in [1.807, 2.05) is 43.4 Å². The molecule has 2 N–H and O–H groups in total. The summed E-state index contributed by atoms with van der Waals surface area (Å²) in [6, 6.07) is 13.7. The van der Waals surface area contributed by atoms with Gasteiger partial charge in [-0.05, 0) is 42.4 Å². The zero-order valence-electron chi connectivity index (χ0n) is 10.9. The number of aromatic nitrogens is 1. The summed E-state index contributed by atoms with van der Waals surface area (Å²) in [7, 11) is 2.04. The highest BCUT2D eigenvalue weighted by Crippen LogP contribution is 2.10. The summed E-state index contributed by atoms with van der Waals surface area (Å²) in [6.07, 6.45) is 1.67. The van der Waals surface area contributed by atoms with Crippen molar-refractivity contribution in [1.29, 1.82) is 5.26 Å².